The molecule has 23 heavy (non-hydrogen) atoms. The third kappa shape index (κ3) is 4.42. The van der Waals surface area contributed by atoms with Crippen LogP contribution in [0.3, 0.4) is 0 Å². The number of amides is 1. The lowest BCUT2D eigenvalue weighted by molar-refractivity contribution is -0.132. The van der Waals surface area contributed by atoms with E-state index >= 15 is 0 Å². The van der Waals surface area contributed by atoms with E-state index in [1.165, 1.54) is 11.4 Å². The van der Waals surface area contributed by atoms with Crippen LogP contribution in [0.5, 0.6) is 0 Å². The molecule has 3 rings (SSSR count). The van der Waals surface area contributed by atoms with E-state index < -0.39 is 0 Å². The molecule has 1 aromatic rings. The normalized spacial score (nSPS) is 22.8. The number of carbonyl (C=O) groups excluding carboxylic acids is 1. The van der Waals surface area contributed by atoms with E-state index in [4.69, 9.17) is 0 Å². The van der Waals surface area contributed by atoms with Crippen molar-refractivity contribution in [1.29, 1.82) is 0 Å². The first-order valence-electron chi connectivity index (χ1n) is 8.61. The van der Waals surface area contributed by atoms with E-state index in [0.29, 0.717) is 24.4 Å². The average Bonchev–Trinajstić information content (AvgIpc) is 2.63. The first-order valence-corrected chi connectivity index (χ1v) is 9.76. The molecule has 0 spiro atoms. The Morgan fingerprint density at radius 1 is 1.30 bits per heavy atom. The van der Waals surface area contributed by atoms with E-state index in [1.54, 1.807) is 0 Å². The van der Waals surface area contributed by atoms with Gasteiger partial charge in [-0.1, -0.05) is 18.2 Å². The molecule has 2 aliphatic rings. The number of nitrogens with zero attached hydrogens (tertiary/aromatic N) is 2. The molecule has 0 bridgehead atoms. The maximum Gasteiger partial charge on any atom is 0.224 e. The minimum Gasteiger partial charge on any atom is -0.371 e. The van der Waals surface area contributed by atoms with E-state index in [2.05, 4.69) is 52.5 Å². The Kier molecular flexibility index (Phi) is 5.84. The zero-order valence-electron chi connectivity index (χ0n) is 13.9. The molecule has 2 aliphatic heterocycles. The molecule has 5 heteroatoms. The van der Waals surface area contributed by atoms with Gasteiger partial charge in [0.05, 0.1) is 0 Å². The molecule has 1 unspecified atom stereocenters. The van der Waals surface area contributed by atoms with Crippen LogP contribution < -0.4 is 10.2 Å². The fourth-order valence-electron chi connectivity index (χ4n) is 3.47. The van der Waals surface area contributed by atoms with Crippen LogP contribution in [0.4, 0.5) is 5.69 Å². The monoisotopic (exact) mass is 333 g/mol. The van der Waals surface area contributed by atoms with Gasteiger partial charge in [-0.05, 0) is 25.0 Å². The van der Waals surface area contributed by atoms with E-state index in [1.807, 2.05) is 11.8 Å². The first-order chi connectivity index (χ1) is 11.2. The van der Waals surface area contributed by atoms with Gasteiger partial charge < -0.3 is 15.1 Å². The number of rotatable bonds is 4. The summed E-state index contributed by atoms with van der Waals surface area (Å²) in [5.74, 6) is 2.56. The highest BCUT2D eigenvalue weighted by atomic mass is 32.2. The molecule has 2 fully saturated rings. The van der Waals surface area contributed by atoms with Gasteiger partial charge in [-0.15, -0.1) is 0 Å². The molecule has 0 aromatic heterocycles. The van der Waals surface area contributed by atoms with Gasteiger partial charge in [-0.25, -0.2) is 0 Å². The number of hydrogen-bond acceptors (Lipinski definition) is 4. The average molecular weight is 334 g/mol. The van der Waals surface area contributed by atoms with Crippen molar-refractivity contribution in [2.24, 2.45) is 0 Å². The molecule has 0 saturated carbocycles. The summed E-state index contributed by atoms with van der Waals surface area (Å²) in [5, 5.41) is 3.46. The lowest BCUT2D eigenvalue weighted by Crippen LogP contribution is -2.48. The fraction of sp³-hybridized carbons (Fsp3) is 0.611. The van der Waals surface area contributed by atoms with Crippen molar-refractivity contribution in [3.63, 3.8) is 0 Å². The lowest BCUT2D eigenvalue weighted by Gasteiger charge is -2.38. The van der Waals surface area contributed by atoms with E-state index in [0.717, 1.165) is 38.2 Å². The molecule has 1 aromatic carbocycles. The van der Waals surface area contributed by atoms with Crippen molar-refractivity contribution in [1.82, 2.24) is 10.2 Å². The molecule has 4 nitrogen and oxygen atoms in total. The Morgan fingerprint density at radius 3 is 2.70 bits per heavy atom. The second-order valence-corrected chi connectivity index (χ2v) is 7.64. The summed E-state index contributed by atoms with van der Waals surface area (Å²) in [6, 6.07) is 11.4. The predicted molar refractivity (Wildman–Crippen MR) is 98.2 cm³/mol. The largest absolute Gasteiger partial charge is 0.371 e. The Bertz CT molecular complexity index is 496. The zero-order chi connectivity index (χ0) is 16.1. The van der Waals surface area contributed by atoms with Crippen LogP contribution in [-0.4, -0.2) is 61.1 Å². The standard InChI is InChI=1S/C18H27N3OS/c1-20(16-5-3-2-4-6-16)17-7-10-21(11-8-17)18(22)13-15-14-23-12-9-19-15/h2-6,15,17,19H,7-14H2,1H3. The van der Waals surface area contributed by atoms with Gasteiger partial charge in [0, 0.05) is 62.4 Å². The van der Waals surface area contributed by atoms with E-state index in [-0.39, 0.29) is 0 Å². The highest BCUT2D eigenvalue weighted by molar-refractivity contribution is 7.99. The minimum atomic E-state index is 0.325. The Labute approximate surface area is 143 Å². The van der Waals surface area contributed by atoms with Gasteiger partial charge in [0.1, 0.15) is 0 Å². The molecule has 1 atom stereocenters. The molecular weight excluding hydrogens is 306 g/mol. The number of likely N-dealkylation sites (tertiary alicyclic amines) is 1. The van der Waals surface area contributed by atoms with Gasteiger partial charge in [0.15, 0.2) is 0 Å². The third-order valence-corrected chi connectivity index (χ3v) is 6.08. The molecule has 0 aliphatic carbocycles. The van der Waals surface area contributed by atoms with Gasteiger partial charge in [-0.3, -0.25) is 4.79 Å². The summed E-state index contributed by atoms with van der Waals surface area (Å²) in [6.07, 6.45) is 2.78. The maximum absolute atomic E-state index is 12.5. The summed E-state index contributed by atoms with van der Waals surface area (Å²) in [6.45, 7) is 2.81. The summed E-state index contributed by atoms with van der Waals surface area (Å²) < 4.78 is 0. The van der Waals surface area contributed by atoms with E-state index in [9.17, 15) is 4.79 Å². The topological polar surface area (TPSA) is 35.6 Å². The van der Waals surface area contributed by atoms with Crippen LogP contribution in [0.15, 0.2) is 30.3 Å². The summed E-state index contributed by atoms with van der Waals surface area (Å²) in [4.78, 5) is 16.9. The van der Waals surface area contributed by atoms with Crippen molar-refractivity contribution in [3.8, 4) is 0 Å². The first kappa shape index (κ1) is 16.7. The number of carbonyl (C=O) groups is 1. The second kappa shape index (κ2) is 8.06. The lowest BCUT2D eigenvalue weighted by atomic mass is 10.0. The number of thioether (sulfide) groups is 1. The number of piperidine rings is 1. The van der Waals surface area contributed by atoms with Gasteiger partial charge in [0.2, 0.25) is 5.91 Å². The number of hydrogen-bond donors (Lipinski definition) is 1. The van der Waals surface area contributed by atoms with Crippen molar-refractivity contribution in [3.05, 3.63) is 30.3 Å². The fourth-order valence-corrected chi connectivity index (χ4v) is 4.42. The Hall–Kier alpha value is -1.20. The summed E-state index contributed by atoms with van der Waals surface area (Å²) in [7, 11) is 2.17. The molecule has 2 heterocycles. The molecule has 1 amide bonds. The number of para-hydroxylation sites is 1. The second-order valence-electron chi connectivity index (χ2n) is 6.49. The number of nitrogens with one attached hydrogen (secondary N) is 1. The van der Waals surface area contributed by atoms with Gasteiger partial charge in [-0.2, -0.15) is 11.8 Å². The van der Waals surface area contributed by atoms with Crippen LogP contribution in [0.25, 0.3) is 0 Å². The van der Waals surface area contributed by atoms with Crippen LogP contribution in [0, 0.1) is 0 Å². The third-order valence-electron chi connectivity index (χ3n) is 4.95. The summed E-state index contributed by atoms with van der Waals surface area (Å²) >= 11 is 1.95. The Balaban J connectivity index is 1.47. The van der Waals surface area contributed by atoms with Gasteiger partial charge >= 0.3 is 0 Å². The SMILES string of the molecule is CN(c1ccccc1)C1CCN(C(=O)CC2CSCCN2)CC1. The van der Waals surface area contributed by atoms with Crippen LogP contribution >= 0.6 is 11.8 Å². The molecule has 126 valence electrons. The van der Waals surface area contributed by atoms with Crippen molar-refractivity contribution < 1.29 is 4.79 Å². The van der Waals surface area contributed by atoms with Crippen molar-refractivity contribution in [2.75, 3.05) is 43.1 Å². The maximum atomic E-state index is 12.5. The Morgan fingerprint density at radius 2 is 2.04 bits per heavy atom. The number of anilines is 1. The van der Waals surface area contributed by atoms with Crippen LogP contribution in [0.1, 0.15) is 19.3 Å². The number of benzene rings is 1. The highest BCUT2D eigenvalue weighted by Crippen LogP contribution is 2.22. The molecular formula is C18H27N3OS. The smallest absolute Gasteiger partial charge is 0.224 e. The molecule has 2 saturated heterocycles. The summed E-state index contributed by atoms with van der Waals surface area (Å²) in [5.41, 5.74) is 1.26. The molecule has 0 radical (unpaired) electrons. The zero-order valence-corrected chi connectivity index (χ0v) is 14.7. The highest BCUT2D eigenvalue weighted by Gasteiger charge is 2.27. The molecule has 1 N–H and O–H groups in total. The van der Waals surface area contributed by atoms with Crippen molar-refractivity contribution >= 4 is 23.4 Å². The predicted octanol–water partition coefficient (Wildman–Crippen LogP) is 2.21. The van der Waals surface area contributed by atoms with Crippen LogP contribution in [0.2, 0.25) is 0 Å². The quantitative estimate of drug-likeness (QED) is 0.916. The minimum absolute atomic E-state index is 0.325. The van der Waals surface area contributed by atoms with Crippen LogP contribution in [-0.2, 0) is 4.79 Å². The van der Waals surface area contributed by atoms with Crippen molar-refractivity contribution in [2.45, 2.75) is 31.3 Å². The van der Waals surface area contributed by atoms with Gasteiger partial charge in [0.25, 0.3) is 0 Å².